The molecule has 2 heteroatoms. The van der Waals surface area contributed by atoms with Crippen LogP contribution in [0.1, 0.15) is 63.1 Å². The molecule has 0 heterocycles. The standard InChI is InChI=1S/C17H27NS/c1-17(2,3)19-12-16(18-4)15-11-6-5-10-14(15)13-8-7-9-13/h5-6,10-11,13,16,18H,7-9,12H2,1-4H3. The molecule has 1 aliphatic carbocycles. The van der Waals surface area contributed by atoms with Gasteiger partial charge in [-0.15, -0.1) is 0 Å². The van der Waals surface area contributed by atoms with Crippen LogP contribution in [0.4, 0.5) is 0 Å². The summed E-state index contributed by atoms with van der Waals surface area (Å²) in [7, 11) is 2.09. The van der Waals surface area contributed by atoms with Crippen molar-refractivity contribution in [2.45, 2.75) is 56.7 Å². The van der Waals surface area contributed by atoms with Crippen LogP contribution in [0, 0.1) is 0 Å². The molecule has 1 fully saturated rings. The highest BCUT2D eigenvalue weighted by molar-refractivity contribution is 8.00. The average Bonchev–Trinajstić information content (AvgIpc) is 2.28. The van der Waals surface area contributed by atoms with E-state index in [9.17, 15) is 0 Å². The van der Waals surface area contributed by atoms with Crippen LogP contribution in [-0.2, 0) is 0 Å². The summed E-state index contributed by atoms with van der Waals surface area (Å²) in [6.45, 7) is 6.88. The van der Waals surface area contributed by atoms with Crippen LogP contribution in [0.2, 0.25) is 0 Å². The number of hydrogen-bond acceptors (Lipinski definition) is 2. The van der Waals surface area contributed by atoms with Gasteiger partial charge in [-0.2, -0.15) is 11.8 Å². The van der Waals surface area contributed by atoms with Gasteiger partial charge >= 0.3 is 0 Å². The summed E-state index contributed by atoms with van der Waals surface area (Å²) >= 11 is 2.04. The first kappa shape index (κ1) is 14.9. The van der Waals surface area contributed by atoms with E-state index in [1.54, 1.807) is 5.56 Å². The summed E-state index contributed by atoms with van der Waals surface area (Å²) in [5.41, 5.74) is 3.11. The van der Waals surface area contributed by atoms with Gasteiger partial charge in [0.1, 0.15) is 0 Å². The fraction of sp³-hybridized carbons (Fsp3) is 0.647. The topological polar surface area (TPSA) is 12.0 Å². The lowest BCUT2D eigenvalue weighted by molar-refractivity contribution is 0.414. The molecule has 0 aliphatic heterocycles. The second-order valence-corrected chi connectivity index (χ2v) is 8.37. The van der Waals surface area contributed by atoms with E-state index in [4.69, 9.17) is 0 Å². The normalized spacial score (nSPS) is 18.1. The second kappa shape index (κ2) is 6.32. The maximum atomic E-state index is 3.51. The fourth-order valence-corrected chi connectivity index (χ4v) is 3.59. The molecule has 0 radical (unpaired) electrons. The molecule has 1 aliphatic rings. The Hall–Kier alpha value is -0.470. The Balaban J connectivity index is 2.13. The molecule has 0 aromatic heterocycles. The number of hydrogen-bond donors (Lipinski definition) is 1. The quantitative estimate of drug-likeness (QED) is 0.834. The summed E-state index contributed by atoms with van der Waals surface area (Å²) in [6, 6.07) is 9.51. The second-order valence-electron chi connectivity index (χ2n) is 6.52. The van der Waals surface area contributed by atoms with Crippen molar-refractivity contribution in [3.05, 3.63) is 35.4 Å². The van der Waals surface area contributed by atoms with Crippen molar-refractivity contribution in [3.63, 3.8) is 0 Å². The molecule has 1 N–H and O–H groups in total. The molecule has 1 saturated carbocycles. The third-order valence-corrected chi connectivity index (χ3v) is 5.31. The number of nitrogens with one attached hydrogen (secondary N) is 1. The molecule has 1 aromatic carbocycles. The molecule has 1 atom stereocenters. The zero-order valence-electron chi connectivity index (χ0n) is 12.7. The highest BCUT2D eigenvalue weighted by atomic mass is 32.2. The van der Waals surface area contributed by atoms with Gasteiger partial charge in [-0.05, 0) is 36.9 Å². The van der Waals surface area contributed by atoms with Crippen LogP contribution in [0.3, 0.4) is 0 Å². The summed E-state index contributed by atoms with van der Waals surface area (Å²) < 4.78 is 0.334. The zero-order chi connectivity index (χ0) is 13.9. The van der Waals surface area contributed by atoms with E-state index >= 15 is 0 Å². The first-order chi connectivity index (χ1) is 9.01. The minimum Gasteiger partial charge on any atom is -0.312 e. The SMILES string of the molecule is CNC(CSC(C)(C)C)c1ccccc1C1CCC1. The van der Waals surface area contributed by atoms with E-state index < -0.39 is 0 Å². The fourth-order valence-electron chi connectivity index (χ4n) is 2.58. The summed E-state index contributed by atoms with van der Waals surface area (Å²) in [5, 5.41) is 3.51. The van der Waals surface area contributed by atoms with Gasteiger partial charge in [0.05, 0.1) is 0 Å². The number of thioether (sulfide) groups is 1. The van der Waals surface area contributed by atoms with Crippen LogP contribution < -0.4 is 5.32 Å². The molecule has 2 rings (SSSR count). The minimum atomic E-state index is 0.334. The first-order valence-corrected chi connectivity index (χ1v) is 8.40. The lowest BCUT2D eigenvalue weighted by Gasteiger charge is -2.31. The van der Waals surface area contributed by atoms with Crippen LogP contribution in [-0.4, -0.2) is 17.5 Å². The molecule has 1 aromatic rings. The molecule has 0 bridgehead atoms. The Bertz CT molecular complexity index is 404. The Morgan fingerprint density at radius 2 is 1.95 bits per heavy atom. The Kier molecular flexibility index (Phi) is 4.97. The van der Waals surface area contributed by atoms with Crippen molar-refractivity contribution in [2.24, 2.45) is 0 Å². The van der Waals surface area contributed by atoms with Crippen molar-refractivity contribution in [3.8, 4) is 0 Å². The van der Waals surface area contributed by atoms with Crippen molar-refractivity contribution < 1.29 is 0 Å². The Labute approximate surface area is 122 Å². The van der Waals surface area contributed by atoms with Gasteiger partial charge in [0.25, 0.3) is 0 Å². The van der Waals surface area contributed by atoms with Gasteiger partial charge in [-0.3, -0.25) is 0 Å². The van der Waals surface area contributed by atoms with Crippen molar-refractivity contribution in [1.29, 1.82) is 0 Å². The van der Waals surface area contributed by atoms with Crippen LogP contribution in [0.25, 0.3) is 0 Å². The van der Waals surface area contributed by atoms with Gasteiger partial charge in [0.15, 0.2) is 0 Å². The first-order valence-electron chi connectivity index (χ1n) is 7.41. The maximum Gasteiger partial charge on any atom is 0.0412 e. The van der Waals surface area contributed by atoms with Gasteiger partial charge in [-0.25, -0.2) is 0 Å². The van der Waals surface area contributed by atoms with Gasteiger partial charge in [0.2, 0.25) is 0 Å². The Morgan fingerprint density at radius 1 is 1.26 bits per heavy atom. The van der Waals surface area contributed by atoms with E-state index in [2.05, 4.69) is 57.4 Å². The van der Waals surface area contributed by atoms with Gasteiger partial charge in [-0.1, -0.05) is 51.5 Å². The lowest BCUT2D eigenvalue weighted by Crippen LogP contribution is -2.24. The molecule has 106 valence electrons. The highest BCUT2D eigenvalue weighted by Gasteiger charge is 2.25. The zero-order valence-corrected chi connectivity index (χ0v) is 13.5. The van der Waals surface area contributed by atoms with E-state index in [1.165, 1.54) is 24.8 Å². The van der Waals surface area contributed by atoms with Crippen molar-refractivity contribution in [2.75, 3.05) is 12.8 Å². The van der Waals surface area contributed by atoms with E-state index in [0.29, 0.717) is 10.8 Å². The smallest absolute Gasteiger partial charge is 0.0412 e. The molecule has 0 saturated heterocycles. The molecular formula is C17H27NS. The van der Waals surface area contributed by atoms with Gasteiger partial charge < -0.3 is 5.32 Å². The third kappa shape index (κ3) is 4.00. The van der Waals surface area contributed by atoms with Crippen LogP contribution in [0.5, 0.6) is 0 Å². The molecule has 0 amide bonds. The van der Waals surface area contributed by atoms with Crippen LogP contribution >= 0.6 is 11.8 Å². The molecule has 1 unspecified atom stereocenters. The summed E-state index contributed by atoms with van der Waals surface area (Å²) in [5.74, 6) is 1.95. The van der Waals surface area contributed by atoms with E-state index in [0.717, 1.165) is 11.7 Å². The third-order valence-electron chi connectivity index (χ3n) is 3.95. The van der Waals surface area contributed by atoms with E-state index in [-0.39, 0.29) is 0 Å². The summed E-state index contributed by atoms with van der Waals surface area (Å²) in [4.78, 5) is 0. The highest BCUT2D eigenvalue weighted by Crippen LogP contribution is 2.40. The molecule has 0 spiro atoms. The Morgan fingerprint density at radius 3 is 2.47 bits per heavy atom. The average molecular weight is 277 g/mol. The number of benzene rings is 1. The lowest BCUT2D eigenvalue weighted by atomic mass is 9.77. The van der Waals surface area contributed by atoms with Crippen molar-refractivity contribution in [1.82, 2.24) is 5.32 Å². The molecule has 19 heavy (non-hydrogen) atoms. The minimum absolute atomic E-state index is 0.334. The molecule has 1 nitrogen and oxygen atoms in total. The predicted molar refractivity (Wildman–Crippen MR) is 87.0 cm³/mol. The monoisotopic (exact) mass is 277 g/mol. The van der Waals surface area contributed by atoms with E-state index in [1.807, 2.05) is 11.8 Å². The largest absolute Gasteiger partial charge is 0.312 e. The van der Waals surface area contributed by atoms with Gasteiger partial charge in [0, 0.05) is 16.5 Å². The summed E-state index contributed by atoms with van der Waals surface area (Å²) in [6.07, 6.45) is 4.15. The van der Waals surface area contributed by atoms with Crippen LogP contribution in [0.15, 0.2) is 24.3 Å². The number of rotatable bonds is 5. The predicted octanol–water partition coefficient (Wildman–Crippen LogP) is 4.75. The maximum absolute atomic E-state index is 3.51. The molecular weight excluding hydrogens is 250 g/mol. The van der Waals surface area contributed by atoms with Crippen molar-refractivity contribution >= 4 is 11.8 Å².